The number of aliphatic imine (C=N–C) groups is 1. The molecule has 2 fully saturated rings. The topological polar surface area (TPSA) is 96.2 Å². The second-order valence-electron chi connectivity index (χ2n) is 13.6. The van der Waals surface area contributed by atoms with E-state index in [4.69, 9.17) is 21.3 Å². The quantitative estimate of drug-likeness (QED) is 0.213. The van der Waals surface area contributed by atoms with Crippen molar-refractivity contribution >= 4 is 52.4 Å². The third kappa shape index (κ3) is 10.6. The molecule has 13 heteroatoms. The number of thiophene rings is 1. The van der Waals surface area contributed by atoms with Gasteiger partial charge in [-0.15, -0.1) is 33.3 Å². The maximum atomic E-state index is 13.7. The first-order valence-electron chi connectivity index (χ1n) is 17.6. The third-order valence-electron chi connectivity index (χ3n) is 9.10. The third-order valence-corrected chi connectivity index (χ3v) is 11.4. The summed E-state index contributed by atoms with van der Waals surface area (Å²) >= 11 is 9.60. The molecule has 51 heavy (non-hydrogen) atoms. The lowest BCUT2D eigenvalue weighted by atomic mass is 9.99. The Kier molecular flexibility index (Phi) is 15.6. The van der Waals surface area contributed by atoms with Crippen LogP contribution in [0.25, 0.3) is 5.00 Å². The van der Waals surface area contributed by atoms with Gasteiger partial charge in [-0.1, -0.05) is 45.0 Å². The molecule has 2 amide bonds. The lowest BCUT2D eigenvalue weighted by Gasteiger charge is -2.43. The smallest absolute Gasteiger partial charge is 0.410 e. The highest BCUT2D eigenvalue weighted by Gasteiger charge is 2.32. The average molecular weight is 761 g/mol. The van der Waals surface area contributed by atoms with E-state index in [1.165, 1.54) is 4.88 Å². The molecule has 2 saturated heterocycles. The van der Waals surface area contributed by atoms with Crippen LogP contribution < -0.4 is 0 Å². The van der Waals surface area contributed by atoms with Crippen LogP contribution >= 0.6 is 34.7 Å². The van der Waals surface area contributed by atoms with Crippen molar-refractivity contribution in [3.05, 3.63) is 62.5 Å². The zero-order valence-electron chi connectivity index (χ0n) is 31.4. The van der Waals surface area contributed by atoms with Gasteiger partial charge in [-0.3, -0.25) is 19.3 Å². The normalized spacial score (nSPS) is 16.6. The molecule has 4 heterocycles. The van der Waals surface area contributed by atoms with Crippen molar-refractivity contribution in [3.8, 4) is 5.00 Å². The van der Waals surface area contributed by atoms with Gasteiger partial charge < -0.3 is 14.5 Å². The van der Waals surface area contributed by atoms with Crippen LogP contribution in [0.5, 0.6) is 0 Å². The summed E-state index contributed by atoms with van der Waals surface area (Å²) in [4.78, 5) is 39.0. The molecule has 0 bridgehead atoms. The van der Waals surface area contributed by atoms with Crippen molar-refractivity contribution in [2.24, 2.45) is 4.99 Å². The van der Waals surface area contributed by atoms with Crippen LogP contribution in [0.4, 0.5) is 4.79 Å². The van der Waals surface area contributed by atoms with E-state index in [9.17, 15) is 9.59 Å². The van der Waals surface area contributed by atoms with Crippen LogP contribution in [0.2, 0.25) is 5.02 Å². The molecule has 1 unspecified atom stereocenters. The number of thioether (sulfide) groups is 1. The highest BCUT2D eigenvalue weighted by atomic mass is 35.5. The van der Waals surface area contributed by atoms with E-state index in [0.717, 1.165) is 65.0 Å². The Hall–Kier alpha value is -2.93. The minimum absolute atomic E-state index is 0. The molecular weight excluding hydrogens is 702 g/mol. The number of aromatic nitrogens is 3. The van der Waals surface area contributed by atoms with Gasteiger partial charge in [0.2, 0.25) is 5.91 Å². The van der Waals surface area contributed by atoms with Gasteiger partial charge in [0, 0.05) is 66.3 Å². The van der Waals surface area contributed by atoms with Gasteiger partial charge in [-0.05, 0) is 85.3 Å². The van der Waals surface area contributed by atoms with Gasteiger partial charge >= 0.3 is 6.09 Å². The Morgan fingerprint density at radius 3 is 2.06 bits per heavy atom. The van der Waals surface area contributed by atoms with Crippen molar-refractivity contribution in [3.63, 3.8) is 0 Å². The predicted octanol–water partition coefficient (Wildman–Crippen LogP) is 8.34. The molecule has 3 aromatic rings. The van der Waals surface area contributed by atoms with Crippen molar-refractivity contribution in [2.45, 2.75) is 106 Å². The second-order valence-corrected chi connectivity index (χ2v) is 16.2. The van der Waals surface area contributed by atoms with Crippen molar-refractivity contribution in [1.29, 1.82) is 0 Å². The summed E-state index contributed by atoms with van der Waals surface area (Å²) in [5, 5.41) is 10.1. The van der Waals surface area contributed by atoms with Crippen LogP contribution in [0.3, 0.4) is 0 Å². The van der Waals surface area contributed by atoms with Gasteiger partial charge in [0.1, 0.15) is 27.6 Å². The maximum absolute atomic E-state index is 13.7. The van der Waals surface area contributed by atoms with Crippen molar-refractivity contribution < 1.29 is 14.3 Å². The Morgan fingerprint density at radius 1 is 0.961 bits per heavy atom. The number of carbonyl (C=O) groups is 2. The maximum Gasteiger partial charge on any atom is 0.410 e. The molecule has 1 atom stereocenters. The number of ether oxygens (including phenoxy) is 1. The lowest BCUT2D eigenvalue weighted by Crippen LogP contribution is -2.55. The van der Waals surface area contributed by atoms with Crippen LogP contribution in [0.1, 0.15) is 94.5 Å². The summed E-state index contributed by atoms with van der Waals surface area (Å²) in [6, 6.07) is 8.18. The molecule has 2 aromatic heterocycles. The van der Waals surface area contributed by atoms with E-state index in [-0.39, 0.29) is 24.8 Å². The number of hydrogen-bond acceptors (Lipinski definition) is 9. The van der Waals surface area contributed by atoms with E-state index in [1.54, 1.807) is 23.1 Å². The minimum atomic E-state index is -0.490. The molecule has 2 aliphatic heterocycles. The highest BCUT2D eigenvalue weighted by molar-refractivity contribution is 7.99. The number of amides is 2. The van der Waals surface area contributed by atoms with E-state index in [2.05, 4.69) is 33.5 Å². The lowest BCUT2D eigenvalue weighted by molar-refractivity contribution is -0.133. The summed E-state index contributed by atoms with van der Waals surface area (Å²) in [6.45, 7) is 22.3. The first-order chi connectivity index (χ1) is 23.8. The number of likely N-dealkylation sites (tertiary alicyclic amines) is 1. The zero-order valence-corrected chi connectivity index (χ0v) is 33.8. The van der Waals surface area contributed by atoms with Crippen LogP contribution in [-0.2, 0) is 9.53 Å². The summed E-state index contributed by atoms with van der Waals surface area (Å²) in [6.07, 6.45) is 3.94. The van der Waals surface area contributed by atoms with E-state index >= 15 is 0 Å². The van der Waals surface area contributed by atoms with Crippen LogP contribution in [-0.4, -0.2) is 110 Å². The Bertz CT molecular complexity index is 1610. The van der Waals surface area contributed by atoms with E-state index in [0.29, 0.717) is 43.7 Å². The van der Waals surface area contributed by atoms with Crippen LogP contribution in [0.15, 0.2) is 29.3 Å². The van der Waals surface area contributed by atoms with Gasteiger partial charge in [0.15, 0.2) is 0 Å². The van der Waals surface area contributed by atoms with Crippen LogP contribution in [0, 0.1) is 27.7 Å². The summed E-state index contributed by atoms with van der Waals surface area (Å²) in [7, 11) is 0. The number of piperazine rings is 1. The SMILES string of the molecule is C.CC.CSC(CC(=O)N1CCN(C2CCN(C(=O)OC(C)(C)C)CC2)CC1)/N=C(/c1ccc(Cl)cc1)c1c(-n2c(C)nnc2C)sc(C)c1C. The van der Waals surface area contributed by atoms with Gasteiger partial charge in [0.05, 0.1) is 12.1 Å². The van der Waals surface area contributed by atoms with E-state index < -0.39 is 5.60 Å². The molecule has 0 radical (unpaired) electrons. The van der Waals surface area contributed by atoms with Crippen molar-refractivity contribution in [1.82, 2.24) is 29.5 Å². The fourth-order valence-corrected chi connectivity index (χ4v) is 8.28. The number of hydrogen-bond donors (Lipinski definition) is 0. The number of carbonyl (C=O) groups excluding carboxylic acids is 2. The zero-order chi connectivity index (χ0) is 36.7. The fourth-order valence-electron chi connectivity index (χ4n) is 6.38. The highest BCUT2D eigenvalue weighted by Crippen LogP contribution is 2.35. The largest absolute Gasteiger partial charge is 0.444 e. The summed E-state index contributed by atoms with van der Waals surface area (Å²) in [5.41, 5.74) is 3.48. The molecular formula is C38H58ClN7O3S2. The number of aryl methyl sites for hydroxylation is 3. The fraction of sp³-hybridized carbons (Fsp3) is 0.605. The molecule has 0 saturated carbocycles. The molecule has 2 aliphatic rings. The predicted molar refractivity (Wildman–Crippen MR) is 214 cm³/mol. The second kappa shape index (κ2) is 18.7. The number of halogens is 1. The Morgan fingerprint density at radius 2 is 1.53 bits per heavy atom. The van der Waals surface area contributed by atoms with Crippen molar-refractivity contribution in [2.75, 3.05) is 45.5 Å². The van der Waals surface area contributed by atoms with E-state index in [1.807, 2.05) is 88.8 Å². The number of piperidine rings is 1. The molecule has 0 aliphatic carbocycles. The summed E-state index contributed by atoms with van der Waals surface area (Å²) < 4.78 is 7.65. The number of nitrogens with zero attached hydrogens (tertiary/aromatic N) is 7. The Labute approximate surface area is 319 Å². The first-order valence-corrected chi connectivity index (χ1v) is 20.1. The molecule has 0 spiro atoms. The Balaban J connectivity index is 0.00000230. The minimum Gasteiger partial charge on any atom is -0.444 e. The molecule has 282 valence electrons. The average Bonchev–Trinajstić information content (AvgIpc) is 3.58. The molecule has 10 nitrogen and oxygen atoms in total. The molecule has 0 N–H and O–H groups in total. The molecule has 5 rings (SSSR count). The van der Waals surface area contributed by atoms with Gasteiger partial charge in [-0.25, -0.2) is 4.79 Å². The van der Waals surface area contributed by atoms with Gasteiger partial charge in [0.25, 0.3) is 0 Å². The summed E-state index contributed by atoms with van der Waals surface area (Å²) in [5.74, 6) is 1.75. The first kappa shape index (κ1) is 42.5. The standard InChI is InChI=1S/C35H48ClN7O3S2.C2H6.CH4/c1-22-23(2)48-33(43-24(3)38-39-25(43)4)31(22)32(26-9-11-27(36)12-10-26)37-29(47-8)21-30(44)41-19-17-40(18-20-41)28-13-15-42(16-14-28)34(45)46-35(5,6)7;1-2;/h9-12,28-29H,13-21H2,1-8H3;1-2H3;1H4/b37-32-;;. The van der Waals surface area contributed by atoms with Gasteiger partial charge in [-0.2, -0.15) is 0 Å². The number of benzene rings is 1. The monoisotopic (exact) mass is 759 g/mol. The number of rotatable bonds is 8. The molecule has 1 aromatic carbocycles.